The summed E-state index contributed by atoms with van der Waals surface area (Å²) in [5.41, 5.74) is 0.183. The van der Waals surface area contributed by atoms with Crippen LogP contribution in [0, 0.1) is 0 Å². The molecule has 0 unspecified atom stereocenters. The Morgan fingerprint density at radius 1 is 0.766 bits per heavy atom. The van der Waals surface area contributed by atoms with E-state index < -0.39 is 51.9 Å². The minimum Gasteiger partial charge on any atom is -0.459 e. The average molecular weight is 829 g/mol. The normalized spacial score (nSPS) is 13.8. The molecular weight excluding hydrogens is 807 g/mol. The summed E-state index contributed by atoms with van der Waals surface area (Å²) in [6.07, 6.45) is -5.32. The average Bonchev–Trinajstić information content (AvgIpc) is 3.06. The Balaban J connectivity index is 1.49. The highest BCUT2D eigenvalue weighted by molar-refractivity contribution is 14.1. The van der Waals surface area contributed by atoms with Crippen LogP contribution >= 0.6 is 57.7 Å². The lowest BCUT2D eigenvalue weighted by molar-refractivity contribution is -0.0474. The molecule has 242 valence electrons. The number of rotatable bonds is 11. The number of fused-ring (bicyclic) bond motifs is 2. The van der Waals surface area contributed by atoms with Crippen LogP contribution in [-0.4, -0.2) is 51.6 Å². The van der Waals surface area contributed by atoms with Crippen LogP contribution < -0.4 is 0 Å². The molecule has 0 saturated heterocycles. The minimum absolute atomic E-state index is 0.0271. The number of ether oxygens (including phenoxy) is 2. The summed E-state index contributed by atoms with van der Waals surface area (Å²) < 4.78 is 62.8. The van der Waals surface area contributed by atoms with E-state index in [1.54, 1.807) is 42.5 Å². The maximum absolute atomic E-state index is 15.7. The molecule has 0 bridgehead atoms. The first kappa shape index (κ1) is 35.0. The molecule has 5 rings (SSSR count). The second-order valence-corrected chi connectivity index (χ2v) is 13.4. The van der Waals surface area contributed by atoms with Gasteiger partial charge in [0.15, 0.2) is 18.4 Å². The van der Waals surface area contributed by atoms with Gasteiger partial charge in [0.25, 0.3) is 10.1 Å². The molecular formula is C33H22Cl3FINO7S. The summed E-state index contributed by atoms with van der Waals surface area (Å²) in [4.78, 5) is 25.9. The molecule has 5 aromatic rings. The second kappa shape index (κ2) is 15.3. The highest BCUT2D eigenvalue weighted by Gasteiger charge is 2.39. The lowest BCUT2D eigenvalue weighted by atomic mass is 10.1. The molecule has 14 heteroatoms. The van der Waals surface area contributed by atoms with Crippen molar-refractivity contribution in [2.45, 2.75) is 23.3 Å². The lowest BCUT2D eigenvalue weighted by Crippen LogP contribution is -2.45. The van der Waals surface area contributed by atoms with E-state index in [1.807, 2.05) is 24.3 Å². The van der Waals surface area contributed by atoms with Gasteiger partial charge in [0, 0.05) is 6.21 Å². The van der Waals surface area contributed by atoms with Gasteiger partial charge in [0.2, 0.25) is 0 Å². The number of benzene rings is 5. The van der Waals surface area contributed by atoms with Crippen molar-refractivity contribution in [3.63, 3.8) is 0 Å². The van der Waals surface area contributed by atoms with Crippen LogP contribution in [0.25, 0.3) is 21.5 Å². The third-order valence-electron chi connectivity index (χ3n) is 6.97. The molecule has 8 nitrogen and oxygen atoms in total. The smallest absolute Gasteiger partial charge is 0.338 e. The van der Waals surface area contributed by atoms with Gasteiger partial charge >= 0.3 is 11.9 Å². The van der Waals surface area contributed by atoms with Crippen LogP contribution in [-0.2, 0) is 23.8 Å². The van der Waals surface area contributed by atoms with Gasteiger partial charge in [0.05, 0.1) is 49.1 Å². The zero-order valence-corrected chi connectivity index (χ0v) is 29.1. The summed E-state index contributed by atoms with van der Waals surface area (Å²) in [5, 5.41) is 2.63. The minimum atomic E-state index is -4.86. The molecule has 3 atom stereocenters. The van der Waals surface area contributed by atoms with Crippen LogP contribution in [0.4, 0.5) is 4.39 Å². The molecule has 0 saturated carbocycles. The number of hydrogen-bond acceptors (Lipinski definition) is 8. The van der Waals surface area contributed by atoms with Gasteiger partial charge in [-0.25, -0.2) is 17.2 Å². The Labute approximate surface area is 298 Å². The fourth-order valence-electron chi connectivity index (χ4n) is 4.64. The predicted molar refractivity (Wildman–Crippen MR) is 188 cm³/mol. The van der Waals surface area contributed by atoms with Gasteiger partial charge < -0.3 is 9.47 Å². The number of esters is 2. The molecule has 0 N–H and O–H groups in total. The molecule has 0 aliphatic rings. The van der Waals surface area contributed by atoms with Crippen molar-refractivity contribution in [3.05, 3.63) is 123 Å². The monoisotopic (exact) mass is 827 g/mol. The Morgan fingerprint density at radius 3 is 1.87 bits per heavy atom. The Kier molecular flexibility index (Phi) is 11.4. The topological polar surface area (TPSA) is 108 Å². The zero-order chi connectivity index (χ0) is 33.7. The first-order chi connectivity index (χ1) is 22.5. The number of nitrogens with zero attached hydrogens (tertiary/aromatic N) is 1. The van der Waals surface area contributed by atoms with E-state index in [9.17, 15) is 18.0 Å². The van der Waals surface area contributed by atoms with E-state index in [2.05, 4.69) is 3.21 Å². The summed E-state index contributed by atoms with van der Waals surface area (Å²) >= 11 is 19.7. The second-order valence-electron chi connectivity index (χ2n) is 10.1. The summed E-state index contributed by atoms with van der Waals surface area (Å²) in [6, 6.07) is 26.1. The standard InChI is InChI=1S/C33H22Cl3FINO7S/c34-25-15-27(36)30(16-26(25)35)47(42,43)46-29(18-44-32(40)23-11-9-19-5-1-3-7-21(19)13-23)31(28(37)17-39-38)45-33(41)24-12-10-20-6-2-4-8-22(20)14-24/h1-17,28-29,31H,18H2/b39-17-/t28-,29-,31+/m1/s1. The maximum Gasteiger partial charge on any atom is 0.338 e. The number of hydrogen-bond donors (Lipinski definition) is 0. The van der Waals surface area contributed by atoms with Gasteiger partial charge in [-0.15, -0.1) is 0 Å². The third-order valence-corrected chi connectivity index (χ3v) is 9.81. The molecule has 5 aromatic carbocycles. The van der Waals surface area contributed by atoms with E-state index in [1.165, 1.54) is 41.1 Å². The molecule has 0 heterocycles. The van der Waals surface area contributed by atoms with Gasteiger partial charge in [-0.3, -0.25) is 4.18 Å². The maximum atomic E-state index is 15.7. The number of halogens is 5. The Bertz CT molecular complexity index is 2120. The first-order valence-electron chi connectivity index (χ1n) is 13.7. The van der Waals surface area contributed by atoms with E-state index in [0.29, 0.717) is 5.39 Å². The van der Waals surface area contributed by atoms with E-state index in [4.69, 9.17) is 48.5 Å². The van der Waals surface area contributed by atoms with Crippen LogP contribution in [0.2, 0.25) is 15.1 Å². The third kappa shape index (κ3) is 8.40. The highest BCUT2D eigenvalue weighted by atomic mass is 127. The predicted octanol–water partition coefficient (Wildman–Crippen LogP) is 8.87. The number of carbonyl (C=O) groups is 2. The summed E-state index contributed by atoms with van der Waals surface area (Å²) in [6.45, 7) is -0.866. The SMILES string of the molecule is O=C(OC[C@@H](OS(=O)(=O)c1cc(Cl)c(Cl)cc1Cl)[C@@H](OC(=O)c1ccc2ccccc2c1)[C@H](F)/C=N\I)c1ccc2ccccc2c1. The van der Waals surface area contributed by atoms with Gasteiger partial charge in [-0.1, -0.05) is 95.5 Å². The van der Waals surface area contributed by atoms with E-state index in [0.717, 1.165) is 34.5 Å². The fourth-order valence-corrected chi connectivity index (χ4v) is 6.99. The number of alkyl halides is 1. The van der Waals surface area contributed by atoms with Gasteiger partial charge in [0.1, 0.15) is 11.5 Å². The largest absolute Gasteiger partial charge is 0.459 e. The van der Waals surface area contributed by atoms with Gasteiger partial charge in [-0.05, 0) is 57.9 Å². The van der Waals surface area contributed by atoms with Crippen molar-refractivity contribution in [2.24, 2.45) is 3.21 Å². The highest BCUT2D eigenvalue weighted by Crippen LogP contribution is 2.33. The zero-order valence-electron chi connectivity index (χ0n) is 23.9. The quantitative estimate of drug-likeness (QED) is 0.0431. The van der Waals surface area contributed by atoms with Crippen LogP contribution in [0.3, 0.4) is 0 Å². The van der Waals surface area contributed by atoms with Crippen molar-refractivity contribution < 1.29 is 36.1 Å². The Hall–Kier alpha value is -3.33. The fraction of sp³-hybridized carbons (Fsp3) is 0.121. The van der Waals surface area contributed by atoms with Crippen molar-refractivity contribution in [3.8, 4) is 0 Å². The molecule has 0 aliphatic heterocycles. The van der Waals surface area contributed by atoms with E-state index >= 15 is 4.39 Å². The van der Waals surface area contributed by atoms with Crippen LogP contribution in [0.1, 0.15) is 20.7 Å². The summed E-state index contributed by atoms with van der Waals surface area (Å²) in [5.74, 6) is -1.86. The van der Waals surface area contributed by atoms with Gasteiger partial charge in [-0.2, -0.15) is 8.42 Å². The lowest BCUT2D eigenvalue weighted by Gasteiger charge is -2.27. The first-order valence-corrected chi connectivity index (χ1v) is 17.2. The molecule has 0 fully saturated rings. The van der Waals surface area contributed by atoms with Crippen molar-refractivity contribution in [1.82, 2.24) is 0 Å². The van der Waals surface area contributed by atoms with Crippen molar-refractivity contribution in [2.75, 3.05) is 6.61 Å². The van der Waals surface area contributed by atoms with E-state index in [-0.39, 0.29) is 26.2 Å². The molecule has 0 radical (unpaired) electrons. The molecule has 0 aromatic heterocycles. The molecule has 0 spiro atoms. The van der Waals surface area contributed by atoms with Crippen LogP contribution in [0.15, 0.2) is 105 Å². The Morgan fingerprint density at radius 2 is 1.30 bits per heavy atom. The molecule has 47 heavy (non-hydrogen) atoms. The van der Waals surface area contributed by atoms with Crippen LogP contribution in [0.5, 0.6) is 0 Å². The molecule has 0 aliphatic carbocycles. The summed E-state index contributed by atoms with van der Waals surface area (Å²) in [7, 11) is -4.86. The van der Waals surface area contributed by atoms with Crippen molar-refractivity contribution in [1.29, 1.82) is 0 Å². The number of carbonyl (C=O) groups excluding carboxylic acids is 2. The van der Waals surface area contributed by atoms with Crippen molar-refractivity contribution >= 4 is 107 Å². The molecule has 0 amide bonds.